The summed E-state index contributed by atoms with van der Waals surface area (Å²) < 4.78 is 5.39. The van der Waals surface area contributed by atoms with Crippen molar-refractivity contribution in [1.29, 1.82) is 0 Å². The molecule has 0 spiro atoms. The molecule has 0 radical (unpaired) electrons. The Balaban J connectivity index is 2.36. The number of carbonyl (C=O) groups is 1. The van der Waals surface area contributed by atoms with Crippen LogP contribution in [0.15, 0.2) is 0 Å². The third-order valence-corrected chi connectivity index (χ3v) is 3.94. The molecule has 18 heavy (non-hydrogen) atoms. The molecule has 0 bridgehead atoms. The third kappa shape index (κ3) is 5.96. The minimum atomic E-state index is -0.421. The molecule has 0 aromatic heterocycles. The van der Waals surface area contributed by atoms with Crippen molar-refractivity contribution < 1.29 is 14.6 Å². The van der Waals surface area contributed by atoms with Crippen molar-refractivity contribution in [3.8, 4) is 0 Å². The maximum atomic E-state index is 11.9. The summed E-state index contributed by atoms with van der Waals surface area (Å²) >= 11 is 1.76. The number of ether oxygens (including phenoxy) is 1. The molecule has 1 N–H and O–H groups in total. The van der Waals surface area contributed by atoms with Crippen LogP contribution in [0.3, 0.4) is 0 Å². The first-order chi connectivity index (χ1) is 8.42. The fraction of sp³-hybridized carbons (Fsp3) is 0.923. The average molecular weight is 275 g/mol. The Labute approximate surface area is 114 Å². The monoisotopic (exact) mass is 275 g/mol. The molecule has 0 aliphatic carbocycles. The van der Waals surface area contributed by atoms with Crippen molar-refractivity contribution in [3.05, 3.63) is 0 Å². The maximum absolute atomic E-state index is 11.9. The van der Waals surface area contributed by atoms with E-state index in [1.54, 1.807) is 11.8 Å². The highest BCUT2D eigenvalue weighted by atomic mass is 32.2. The summed E-state index contributed by atoms with van der Waals surface area (Å²) in [7, 11) is 0. The van der Waals surface area contributed by atoms with Crippen molar-refractivity contribution in [2.24, 2.45) is 5.92 Å². The van der Waals surface area contributed by atoms with Gasteiger partial charge in [-0.05, 0) is 45.3 Å². The summed E-state index contributed by atoms with van der Waals surface area (Å²) in [6, 6.07) is 0. The Bertz CT molecular complexity index is 265. The van der Waals surface area contributed by atoms with E-state index < -0.39 is 5.60 Å². The molecule has 1 amide bonds. The van der Waals surface area contributed by atoms with Gasteiger partial charge in [0.2, 0.25) is 0 Å². The number of amides is 1. The Morgan fingerprint density at radius 2 is 2.22 bits per heavy atom. The van der Waals surface area contributed by atoms with Gasteiger partial charge in [0.25, 0.3) is 0 Å². The van der Waals surface area contributed by atoms with Crippen molar-refractivity contribution in [2.45, 2.75) is 39.2 Å². The van der Waals surface area contributed by atoms with Crippen LogP contribution in [-0.2, 0) is 4.74 Å². The number of aliphatic hydroxyl groups is 1. The van der Waals surface area contributed by atoms with Gasteiger partial charge < -0.3 is 14.7 Å². The van der Waals surface area contributed by atoms with Crippen LogP contribution in [0.4, 0.5) is 4.79 Å². The molecule has 106 valence electrons. The molecule has 1 aliphatic rings. The van der Waals surface area contributed by atoms with Crippen LogP contribution in [0.1, 0.15) is 33.6 Å². The van der Waals surface area contributed by atoms with Crippen LogP contribution < -0.4 is 0 Å². The molecule has 0 aromatic carbocycles. The van der Waals surface area contributed by atoms with E-state index >= 15 is 0 Å². The lowest BCUT2D eigenvalue weighted by Crippen LogP contribution is -2.43. The molecule has 0 aromatic rings. The molecule has 0 saturated carbocycles. The number of hydrogen-bond acceptors (Lipinski definition) is 4. The van der Waals surface area contributed by atoms with E-state index in [0.717, 1.165) is 37.4 Å². The lowest BCUT2D eigenvalue weighted by molar-refractivity contribution is 0.0177. The second kappa shape index (κ2) is 7.24. The van der Waals surface area contributed by atoms with Gasteiger partial charge in [-0.15, -0.1) is 0 Å². The zero-order chi connectivity index (χ0) is 13.6. The van der Waals surface area contributed by atoms with Crippen LogP contribution in [0.25, 0.3) is 0 Å². The quantitative estimate of drug-likeness (QED) is 0.800. The summed E-state index contributed by atoms with van der Waals surface area (Å²) in [4.78, 5) is 13.8. The summed E-state index contributed by atoms with van der Waals surface area (Å²) in [5, 5.41) is 8.76. The Kier molecular flexibility index (Phi) is 6.29. The molecule has 1 rings (SSSR count). The molecule has 1 saturated heterocycles. The normalized spacial score (nSPS) is 20.9. The first-order valence-corrected chi connectivity index (χ1v) is 7.74. The van der Waals surface area contributed by atoms with E-state index in [4.69, 9.17) is 9.84 Å². The average Bonchev–Trinajstić information content (AvgIpc) is 2.27. The highest BCUT2D eigenvalue weighted by Crippen LogP contribution is 2.22. The van der Waals surface area contributed by atoms with Crippen LogP contribution >= 0.6 is 11.8 Å². The van der Waals surface area contributed by atoms with Gasteiger partial charge >= 0.3 is 6.09 Å². The van der Waals surface area contributed by atoms with Gasteiger partial charge in [-0.25, -0.2) is 4.79 Å². The summed E-state index contributed by atoms with van der Waals surface area (Å²) in [5.41, 5.74) is -0.421. The number of piperidine rings is 1. The number of rotatable bonds is 4. The van der Waals surface area contributed by atoms with Gasteiger partial charge in [0.05, 0.1) is 6.61 Å². The molecule has 5 heteroatoms. The fourth-order valence-electron chi connectivity index (χ4n) is 2.01. The zero-order valence-corrected chi connectivity index (χ0v) is 12.5. The molecular weight excluding hydrogens is 250 g/mol. The van der Waals surface area contributed by atoms with Gasteiger partial charge in [0.15, 0.2) is 0 Å². The molecule has 0 unspecified atom stereocenters. The molecule has 4 nitrogen and oxygen atoms in total. The second-order valence-corrected chi connectivity index (χ2v) is 6.88. The van der Waals surface area contributed by atoms with Crippen LogP contribution in [0.2, 0.25) is 0 Å². The first-order valence-electron chi connectivity index (χ1n) is 6.59. The van der Waals surface area contributed by atoms with Crippen LogP contribution in [0.5, 0.6) is 0 Å². The van der Waals surface area contributed by atoms with E-state index in [9.17, 15) is 4.79 Å². The zero-order valence-electron chi connectivity index (χ0n) is 11.6. The number of nitrogens with zero attached hydrogens (tertiary/aromatic N) is 1. The molecule has 1 aliphatic heterocycles. The Hall–Kier alpha value is -0.420. The lowest BCUT2D eigenvalue weighted by Gasteiger charge is -2.34. The predicted molar refractivity (Wildman–Crippen MR) is 74.9 cm³/mol. The first kappa shape index (κ1) is 15.6. The van der Waals surface area contributed by atoms with Gasteiger partial charge in [-0.3, -0.25) is 0 Å². The largest absolute Gasteiger partial charge is 0.444 e. The molecule has 1 heterocycles. The number of thioether (sulfide) groups is 1. The highest BCUT2D eigenvalue weighted by Gasteiger charge is 2.27. The van der Waals surface area contributed by atoms with Gasteiger partial charge in [0, 0.05) is 18.8 Å². The van der Waals surface area contributed by atoms with Crippen molar-refractivity contribution >= 4 is 17.9 Å². The van der Waals surface area contributed by atoms with E-state index in [1.807, 2.05) is 25.7 Å². The molecular formula is C13H25NO3S. The highest BCUT2D eigenvalue weighted by molar-refractivity contribution is 7.99. The maximum Gasteiger partial charge on any atom is 0.410 e. The fourth-order valence-corrected chi connectivity index (χ4v) is 2.91. The van der Waals surface area contributed by atoms with E-state index in [-0.39, 0.29) is 12.7 Å². The smallest absolute Gasteiger partial charge is 0.410 e. The SMILES string of the molecule is CC(C)(C)OC(=O)N1CCC[C@H](CSCCO)C1. The molecule has 1 atom stereocenters. The number of hydrogen-bond donors (Lipinski definition) is 1. The van der Waals surface area contributed by atoms with Crippen molar-refractivity contribution in [3.63, 3.8) is 0 Å². The van der Waals surface area contributed by atoms with E-state index in [1.165, 1.54) is 0 Å². The number of likely N-dealkylation sites (tertiary alicyclic amines) is 1. The predicted octanol–water partition coefficient (Wildman–Crippen LogP) is 2.36. The second-order valence-electron chi connectivity index (χ2n) is 5.73. The number of aliphatic hydroxyl groups excluding tert-OH is 1. The summed E-state index contributed by atoms with van der Waals surface area (Å²) in [6.07, 6.45) is 2.01. The summed E-state index contributed by atoms with van der Waals surface area (Å²) in [6.45, 7) is 7.49. The minimum Gasteiger partial charge on any atom is -0.444 e. The minimum absolute atomic E-state index is 0.195. The Morgan fingerprint density at radius 1 is 1.50 bits per heavy atom. The number of carbonyl (C=O) groups excluding carboxylic acids is 1. The van der Waals surface area contributed by atoms with Gasteiger partial charge in [0.1, 0.15) is 5.60 Å². The summed E-state index contributed by atoms with van der Waals surface area (Å²) in [5.74, 6) is 2.32. The van der Waals surface area contributed by atoms with E-state index in [0.29, 0.717) is 5.92 Å². The van der Waals surface area contributed by atoms with E-state index in [2.05, 4.69) is 0 Å². The van der Waals surface area contributed by atoms with Gasteiger partial charge in [-0.2, -0.15) is 11.8 Å². The topological polar surface area (TPSA) is 49.8 Å². The van der Waals surface area contributed by atoms with Crippen molar-refractivity contribution in [2.75, 3.05) is 31.2 Å². The Morgan fingerprint density at radius 3 is 2.83 bits per heavy atom. The lowest BCUT2D eigenvalue weighted by atomic mass is 10.0. The third-order valence-electron chi connectivity index (χ3n) is 2.76. The van der Waals surface area contributed by atoms with Gasteiger partial charge in [-0.1, -0.05) is 0 Å². The molecule has 1 fully saturated rings. The van der Waals surface area contributed by atoms with Crippen molar-refractivity contribution in [1.82, 2.24) is 4.90 Å². The van der Waals surface area contributed by atoms with Crippen LogP contribution in [0, 0.1) is 5.92 Å². The standard InChI is InChI=1S/C13H25NO3S/c1-13(2,3)17-12(16)14-6-4-5-11(9-14)10-18-8-7-15/h11,15H,4-10H2,1-3H3/t11-/m0/s1. The van der Waals surface area contributed by atoms with Crippen LogP contribution in [-0.4, -0.2) is 52.9 Å².